The lowest BCUT2D eigenvalue weighted by Gasteiger charge is -2.39. The Balaban J connectivity index is 1.24. The molecule has 0 unspecified atom stereocenters. The highest BCUT2D eigenvalue weighted by Crippen LogP contribution is 2.29. The zero-order valence-corrected chi connectivity index (χ0v) is 21.7. The van der Waals surface area contributed by atoms with Crippen LogP contribution in [0.3, 0.4) is 0 Å². The van der Waals surface area contributed by atoms with Crippen molar-refractivity contribution in [2.24, 2.45) is 0 Å². The van der Waals surface area contributed by atoms with Crippen molar-refractivity contribution in [3.8, 4) is 0 Å². The van der Waals surface area contributed by atoms with Gasteiger partial charge in [0.05, 0.1) is 57.0 Å². The number of hydrogen-bond acceptors (Lipinski definition) is 11. The predicted molar refractivity (Wildman–Crippen MR) is 140 cm³/mol. The van der Waals surface area contributed by atoms with Gasteiger partial charge in [0.2, 0.25) is 5.95 Å². The van der Waals surface area contributed by atoms with Crippen LogP contribution in [0.15, 0.2) is 17.4 Å². The summed E-state index contributed by atoms with van der Waals surface area (Å²) in [6.07, 6.45) is 8.05. The normalized spacial score (nSPS) is 25.4. The van der Waals surface area contributed by atoms with E-state index >= 15 is 0 Å². The summed E-state index contributed by atoms with van der Waals surface area (Å²) in [6.45, 7) is 7.92. The zero-order valence-electron chi connectivity index (χ0n) is 20.8. The third-order valence-corrected chi connectivity index (χ3v) is 7.35. The quantitative estimate of drug-likeness (QED) is 0.238. The van der Waals surface area contributed by atoms with Crippen LogP contribution in [-0.4, -0.2) is 94.7 Å². The van der Waals surface area contributed by atoms with Crippen LogP contribution < -0.4 is 10.6 Å². The van der Waals surface area contributed by atoms with Gasteiger partial charge in [-0.1, -0.05) is 0 Å². The summed E-state index contributed by atoms with van der Waals surface area (Å²) < 4.78 is 18.5. The smallest absolute Gasteiger partial charge is 0.230 e. The van der Waals surface area contributed by atoms with Crippen molar-refractivity contribution in [2.75, 3.05) is 56.8 Å². The molecule has 2 aromatic heterocycles. The molecule has 12 heteroatoms. The number of ether oxygens (including phenoxy) is 3. The van der Waals surface area contributed by atoms with E-state index in [0.717, 1.165) is 57.7 Å². The summed E-state index contributed by atoms with van der Waals surface area (Å²) in [4.78, 5) is 11.8. The molecule has 5 rings (SSSR count). The lowest BCUT2D eigenvalue weighted by Crippen LogP contribution is -2.46. The first-order valence-electron chi connectivity index (χ1n) is 12.8. The topological polar surface area (TPSA) is 122 Å². The summed E-state index contributed by atoms with van der Waals surface area (Å²) in [5.74, 6) is 1.08. The molecule has 0 aromatic carbocycles. The second kappa shape index (κ2) is 11.9. The summed E-state index contributed by atoms with van der Waals surface area (Å²) in [6, 6.07) is 0.928. The molecular formula is C24H36N8O3S. The molecule has 0 spiro atoms. The molecule has 0 amide bonds. The molecule has 2 aromatic rings. The van der Waals surface area contributed by atoms with Crippen LogP contribution >= 0.6 is 12.6 Å². The fourth-order valence-electron chi connectivity index (χ4n) is 5.18. The standard InChI is InChI=1S/C24H36N8O3S/c1-16(25)21-22(27-17-2-4-19(5-3-17)31-6-8-33-9-7-31)29-24(30-23(21)36)28-18-12-26-32(13-18)14-20-15-34-10-11-35-20/h12-13,17,19-20,25H,2-11,14-15H2,1H3,(H3,27,28,29,30,36)/t17-,19-,20-/m0/s1. The maximum absolute atomic E-state index is 8.27. The average Bonchev–Trinajstić information content (AvgIpc) is 3.31. The molecule has 11 nitrogen and oxygen atoms in total. The first kappa shape index (κ1) is 25.4. The predicted octanol–water partition coefficient (Wildman–Crippen LogP) is 2.56. The van der Waals surface area contributed by atoms with Crippen LogP contribution in [-0.2, 0) is 20.8 Å². The third-order valence-electron chi connectivity index (χ3n) is 7.03. The Morgan fingerprint density at radius 1 is 1.11 bits per heavy atom. The summed E-state index contributed by atoms with van der Waals surface area (Å²) in [5.41, 5.74) is 1.80. The Hall–Kier alpha value is -2.25. The Morgan fingerprint density at radius 2 is 1.92 bits per heavy atom. The molecule has 3 aliphatic rings. The average molecular weight is 517 g/mol. The fraction of sp³-hybridized carbons (Fsp3) is 0.667. The van der Waals surface area contributed by atoms with Crippen LogP contribution in [0.4, 0.5) is 17.5 Å². The molecule has 36 heavy (non-hydrogen) atoms. The van der Waals surface area contributed by atoms with Gasteiger partial charge in [-0.2, -0.15) is 10.1 Å². The molecule has 3 fully saturated rings. The van der Waals surface area contributed by atoms with Gasteiger partial charge in [0, 0.05) is 37.1 Å². The Kier molecular flexibility index (Phi) is 8.37. The number of aromatic nitrogens is 4. The van der Waals surface area contributed by atoms with Crippen LogP contribution in [0, 0.1) is 5.41 Å². The van der Waals surface area contributed by atoms with E-state index in [1.807, 2.05) is 10.9 Å². The van der Waals surface area contributed by atoms with Crippen molar-refractivity contribution in [3.63, 3.8) is 0 Å². The van der Waals surface area contributed by atoms with Gasteiger partial charge >= 0.3 is 0 Å². The lowest BCUT2D eigenvalue weighted by molar-refractivity contribution is -0.0946. The second-order valence-corrected chi connectivity index (χ2v) is 10.1. The van der Waals surface area contributed by atoms with E-state index in [1.54, 1.807) is 13.1 Å². The van der Waals surface area contributed by atoms with Gasteiger partial charge in [-0.15, -0.1) is 12.6 Å². The van der Waals surface area contributed by atoms with E-state index in [0.29, 0.717) is 66.5 Å². The number of nitrogens with zero attached hydrogens (tertiary/aromatic N) is 5. The van der Waals surface area contributed by atoms with E-state index < -0.39 is 0 Å². The number of anilines is 3. The maximum atomic E-state index is 8.27. The van der Waals surface area contributed by atoms with Crippen LogP contribution in [0.25, 0.3) is 0 Å². The zero-order chi connectivity index (χ0) is 24.9. The molecule has 0 radical (unpaired) electrons. The Morgan fingerprint density at radius 3 is 2.64 bits per heavy atom. The lowest BCUT2D eigenvalue weighted by atomic mass is 9.90. The van der Waals surface area contributed by atoms with Gasteiger partial charge in [0.25, 0.3) is 0 Å². The van der Waals surface area contributed by atoms with Gasteiger partial charge in [0.15, 0.2) is 0 Å². The van der Waals surface area contributed by atoms with E-state index in [2.05, 4.69) is 38.2 Å². The van der Waals surface area contributed by atoms with Crippen LogP contribution in [0.2, 0.25) is 0 Å². The van der Waals surface area contributed by atoms with E-state index in [9.17, 15) is 0 Å². The number of hydrogen-bond donors (Lipinski definition) is 4. The maximum Gasteiger partial charge on any atom is 0.230 e. The van der Waals surface area contributed by atoms with E-state index in [1.165, 1.54) is 0 Å². The van der Waals surface area contributed by atoms with Crippen molar-refractivity contribution in [3.05, 3.63) is 18.0 Å². The van der Waals surface area contributed by atoms with Gasteiger partial charge in [-0.05, 0) is 32.6 Å². The molecule has 2 aliphatic heterocycles. The summed E-state index contributed by atoms with van der Waals surface area (Å²) in [5, 5.41) is 20.0. The molecule has 0 bridgehead atoms. The fourth-order valence-corrected chi connectivity index (χ4v) is 5.55. The van der Waals surface area contributed by atoms with Crippen LogP contribution in [0.1, 0.15) is 38.2 Å². The monoisotopic (exact) mass is 516 g/mol. The minimum Gasteiger partial charge on any atom is -0.379 e. The van der Waals surface area contributed by atoms with Crippen molar-refractivity contribution < 1.29 is 14.2 Å². The van der Waals surface area contributed by atoms with Crippen LogP contribution in [0.5, 0.6) is 0 Å². The largest absolute Gasteiger partial charge is 0.379 e. The van der Waals surface area contributed by atoms with Crippen molar-refractivity contribution in [2.45, 2.75) is 62.4 Å². The Bertz CT molecular complexity index is 1030. The molecule has 1 atom stereocenters. The molecule has 1 aliphatic carbocycles. The van der Waals surface area contributed by atoms with Gasteiger partial charge in [-0.3, -0.25) is 9.58 Å². The van der Waals surface area contributed by atoms with Gasteiger partial charge in [-0.25, -0.2) is 4.98 Å². The minimum atomic E-state index is -0.00390. The third kappa shape index (κ3) is 6.35. The second-order valence-electron chi connectivity index (χ2n) is 9.66. The van der Waals surface area contributed by atoms with Crippen molar-refractivity contribution in [1.29, 1.82) is 5.41 Å². The van der Waals surface area contributed by atoms with E-state index in [4.69, 9.17) is 24.6 Å². The van der Waals surface area contributed by atoms with Crippen molar-refractivity contribution >= 4 is 35.8 Å². The summed E-state index contributed by atoms with van der Waals surface area (Å²) >= 11 is 4.60. The molecular weight excluding hydrogens is 480 g/mol. The number of thiol groups is 1. The molecule has 3 N–H and O–H groups in total. The van der Waals surface area contributed by atoms with Crippen molar-refractivity contribution in [1.82, 2.24) is 24.6 Å². The highest BCUT2D eigenvalue weighted by Gasteiger charge is 2.28. The molecule has 1 saturated carbocycles. The van der Waals surface area contributed by atoms with E-state index in [-0.39, 0.29) is 6.10 Å². The first-order chi connectivity index (χ1) is 17.5. The molecule has 196 valence electrons. The SMILES string of the molecule is CC(=N)c1c(S)nc(Nc2cnn(C[C@H]3COCCO3)c2)nc1N[C@H]1CC[C@H](N2CCOCC2)CC1. The number of nitrogens with one attached hydrogen (secondary N) is 3. The number of rotatable bonds is 8. The highest BCUT2D eigenvalue weighted by atomic mass is 32.1. The number of morpholine rings is 1. The highest BCUT2D eigenvalue weighted by molar-refractivity contribution is 7.80. The van der Waals surface area contributed by atoms with Gasteiger partial charge < -0.3 is 30.3 Å². The molecule has 2 saturated heterocycles. The first-order valence-corrected chi connectivity index (χ1v) is 13.2. The molecule has 4 heterocycles. The van der Waals surface area contributed by atoms with Gasteiger partial charge in [0.1, 0.15) is 16.9 Å². The summed E-state index contributed by atoms with van der Waals surface area (Å²) in [7, 11) is 0. The minimum absolute atomic E-state index is 0.00390. The Labute approximate surface area is 217 Å².